The lowest BCUT2D eigenvalue weighted by Gasteiger charge is -2.11. The van der Waals surface area contributed by atoms with Crippen molar-refractivity contribution in [3.05, 3.63) is 80.2 Å². The Morgan fingerprint density at radius 3 is 2.43 bits per heavy atom. The number of benzene rings is 2. The number of carboxylic acid groups (broad SMARTS) is 1. The number of nitrogens with zero attached hydrogens (tertiary/aromatic N) is 2. The van der Waals surface area contributed by atoms with E-state index >= 15 is 0 Å². The maximum Gasteiger partial charge on any atom is 0.337 e. The lowest BCUT2D eigenvalue weighted by atomic mass is 10.1. The van der Waals surface area contributed by atoms with Gasteiger partial charge in [0.1, 0.15) is 0 Å². The van der Waals surface area contributed by atoms with Gasteiger partial charge in [0.15, 0.2) is 11.4 Å². The van der Waals surface area contributed by atoms with Crippen LogP contribution in [0.25, 0.3) is 5.69 Å². The van der Waals surface area contributed by atoms with Crippen LogP contribution in [0.4, 0.5) is 5.69 Å². The number of carboxylic acids is 1. The van der Waals surface area contributed by atoms with E-state index in [1.165, 1.54) is 12.1 Å². The van der Waals surface area contributed by atoms with Gasteiger partial charge in [-0.25, -0.2) is 4.79 Å². The Morgan fingerprint density at radius 2 is 1.79 bits per heavy atom. The van der Waals surface area contributed by atoms with Crippen LogP contribution in [0, 0.1) is 6.92 Å². The Bertz CT molecular complexity index is 1140. The fourth-order valence-electron chi connectivity index (χ4n) is 2.50. The standard InChI is InChI=1S/C19H14BrN3O5/c1-10-2-7-14(13(8-10)19(27)28)21-18(26)17-15(24)9-16(25)23(22-17)12-5-3-11(20)4-6-12/h2-9,24H,1H3,(H,21,26)(H,27,28). The number of nitrogens with one attached hydrogen (secondary N) is 1. The molecule has 142 valence electrons. The molecule has 0 aliphatic rings. The molecule has 0 unspecified atom stereocenters. The van der Waals surface area contributed by atoms with E-state index in [0.717, 1.165) is 15.2 Å². The van der Waals surface area contributed by atoms with E-state index in [-0.39, 0.29) is 11.3 Å². The van der Waals surface area contributed by atoms with Crippen LogP contribution in [0.15, 0.2) is 57.8 Å². The zero-order valence-electron chi connectivity index (χ0n) is 14.5. The molecule has 8 nitrogen and oxygen atoms in total. The second-order valence-electron chi connectivity index (χ2n) is 5.91. The first-order valence-electron chi connectivity index (χ1n) is 8.01. The summed E-state index contributed by atoms with van der Waals surface area (Å²) in [6, 6.07) is 12.0. The van der Waals surface area contributed by atoms with E-state index < -0.39 is 28.9 Å². The second kappa shape index (κ2) is 7.65. The zero-order chi connectivity index (χ0) is 20.4. The molecule has 0 atom stereocenters. The molecule has 1 heterocycles. The van der Waals surface area contributed by atoms with Gasteiger partial charge in [-0.05, 0) is 43.3 Å². The number of halogens is 1. The van der Waals surface area contributed by atoms with Gasteiger partial charge in [0.2, 0.25) is 0 Å². The first-order chi connectivity index (χ1) is 13.3. The summed E-state index contributed by atoms with van der Waals surface area (Å²) in [6.07, 6.45) is 0. The molecule has 28 heavy (non-hydrogen) atoms. The van der Waals surface area contributed by atoms with Crippen LogP contribution >= 0.6 is 15.9 Å². The average Bonchev–Trinajstić information content (AvgIpc) is 2.64. The van der Waals surface area contributed by atoms with Crippen molar-refractivity contribution in [1.82, 2.24) is 9.78 Å². The smallest absolute Gasteiger partial charge is 0.337 e. The number of amides is 1. The van der Waals surface area contributed by atoms with E-state index in [9.17, 15) is 24.6 Å². The van der Waals surface area contributed by atoms with E-state index in [1.54, 1.807) is 37.3 Å². The number of aromatic carboxylic acids is 1. The molecule has 9 heteroatoms. The highest BCUT2D eigenvalue weighted by Gasteiger charge is 2.19. The van der Waals surface area contributed by atoms with Crippen molar-refractivity contribution in [3.8, 4) is 11.4 Å². The summed E-state index contributed by atoms with van der Waals surface area (Å²) in [7, 11) is 0. The van der Waals surface area contributed by atoms with E-state index in [0.29, 0.717) is 11.3 Å². The van der Waals surface area contributed by atoms with Gasteiger partial charge in [0, 0.05) is 10.5 Å². The molecule has 3 rings (SSSR count). The lowest BCUT2D eigenvalue weighted by molar-refractivity contribution is 0.0698. The largest absolute Gasteiger partial charge is 0.505 e. The molecular weight excluding hydrogens is 430 g/mol. The fraction of sp³-hybridized carbons (Fsp3) is 0.0526. The zero-order valence-corrected chi connectivity index (χ0v) is 16.1. The number of aromatic nitrogens is 2. The highest BCUT2D eigenvalue weighted by molar-refractivity contribution is 9.10. The topological polar surface area (TPSA) is 122 Å². The molecule has 1 amide bonds. The minimum absolute atomic E-state index is 0.0469. The molecule has 0 spiro atoms. The van der Waals surface area contributed by atoms with Gasteiger partial charge in [0.05, 0.1) is 16.9 Å². The van der Waals surface area contributed by atoms with Crippen LogP contribution in [0.2, 0.25) is 0 Å². The summed E-state index contributed by atoms with van der Waals surface area (Å²) < 4.78 is 1.76. The summed E-state index contributed by atoms with van der Waals surface area (Å²) >= 11 is 3.29. The normalized spacial score (nSPS) is 10.5. The van der Waals surface area contributed by atoms with Crippen molar-refractivity contribution in [2.75, 3.05) is 5.32 Å². The van der Waals surface area contributed by atoms with Crippen molar-refractivity contribution in [3.63, 3.8) is 0 Å². The summed E-state index contributed by atoms with van der Waals surface area (Å²) in [5.74, 6) is -2.68. The Labute approximate surface area is 167 Å². The molecule has 0 aliphatic heterocycles. The molecule has 0 aliphatic carbocycles. The monoisotopic (exact) mass is 443 g/mol. The molecule has 1 aromatic heterocycles. The summed E-state index contributed by atoms with van der Waals surface area (Å²) in [6.45, 7) is 1.72. The summed E-state index contributed by atoms with van der Waals surface area (Å²) in [4.78, 5) is 36.2. The molecule has 3 aromatic rings. The minimum atomic E-state index is -1.21. The molecular formula is C19H14BrN3O5. The first-order valence-corrected chi connectivity index (χ1v) is 8.80. The average molecular weight is 444 g/mol. The van der Waals surface area contributed by atoms with E-state index in [4.69, 9.17) is 0 Å². The molecule has 0 radical (unpaired) electrons. The third-order valence-corrected chi connectivity index (χ3v) is 4.38. The van der Waals surface area contributed by atoms with Crippen LogP contribution in [-0.2, 0) is 0 Å². The molecule has 0 saturated carbocycles. The quantitative estimate of drug-likeness (QED) is 0.569. The number of hydrogen-bond donors (Lipinski definition) is 3. The molecule has 3 N–H and O–H groups in total. The van der Waals surface area contributed by atoms with Crippen molar-refractivity contribution >= 4 is 33.5 Å². The van der Waals surface area contributed by atoms with Gasteiger partial charge in [0.25, 0.3) is 11.5 Å². The van der Waals surface area contributed by atoms with Gasteiger partial charge in [-0.2, -0.15) is 9.78 Å². The first kappa shape index (κ1) is 19.3. The number of aryl methyl sites for hydroxylation is 1. The van der Waals surface area contributed by atoms with Crippen LogP contribution in [-0.4, -0.2) is 31.9 Å². The Kier molecular flexibility index (Phi) is 5.27. The van der Waals surface area contributed by atoms with Crippen molar-refractivity contribution < 1.29 is 19.8 Å². The summed E-state index contributed by atoms with van der Waals surface area (Å²) in [5.41, 5.74) is 0.00102. The Hall–Kier alpha value is -3.46. The predicted molar refractivity (Wildman–Crippen MR) is 105 cm³/mol. The van der Waals surface area contributed by atoms with Gasteiger partial charge in [-0.1, -0.05) is 27.6 Å². The minimum Gasteiger partial charge on any atom is -0.505 e. The SMILES string of the molecule is Cc1ccc(NC(=O)c2nn(-c3ccc(Br)cc3)c(=O)cc2O)c(C(=O)O)c1. The number of rotatable bonds is 4. The van der Waals surface area contributed by atoms with Crippen LogP contribution in [0.3, 0.4) is 0 Å². The van der Waals surface area contributed by atoms with Crippen molar-refractivity contribution in [2.24, 2.45) is 0 Å². The van der Waals surface area contributed by atoms with Crippen molar-refractivity contribution in [2.45, 2.75) is 6.92 Å². The highest BCUT2D eigenvalue weighted by atomic mass is 79.9. The van der Waals surface area contributed by atoms with Gasteiger partial charge in [-0.3, -0.25) is 9.59 Å². The number of carbonyl (C=O) groups excluding carboxylic acids is 1. The summed E-state index contributed by atoms with van der Waals surface area (Å²) in [5, 5.41) is 25.7. The van der Waals surface area contributed by atoms with Gasteiger partial charge < -0.3 is 15.5 Å². The van der Waals surface area contributed by atoms with E-state index in [2.05, 4.69) is 26.3 Å². The van der Waals surface area contributed by atoms with Crippen LogP contribution in [0.1, 0.15) is 26.4 Å². The fourth-order valence-corrected chi connectivity index (χ4v) is 2.77. The molecule has 0 bridgehead atoms. The Balaban J connectivity index is 2.01. The van der Waals surface area contributed by atoms with Crippen molar-refractivity contribution in [1.29, 1.82) is 0 Å². The van der Waals surface area contributed by atoms with Gasteiger partial charge >= 0.3 is 5.97 Å². The van der Waals surface area contributed by atoms with Crippen LogP contribution < -0.4 is 10.9 Å². The highest BCUT2D eigenvalue weighted by Crippen LogP contribution is 2.20. The van der Waals surface area contributed by atoms with Gasteiger partial charge in [-0.15, -0.1) is 0 Å². The maximum absolute atomic E-state index is 12.6. The van der Waals surface area contributed by atoms with Crippen LogP contribution in [0.5, 0.6) is 5.75 Å². The third-order valence-electron chi connectivity index (χ3n) is 3.85. The lowest BCUT2D eigenvalue weighted by Crippen LogP contribution is -2.25. The predicted octanol–water partition coefficient (Wildman–Crippen LogP) is 2.96. The number of carbonyl (C=O) groups is 2. The van der Waals surface area contributed by atoms with E-state index in [1.807, 2.05) is 0 Å². The molecule has 0 saturated heterocycles. The molecule has 2 aromatic carbocycles. The number of hydrogen-bond acceptors (Lipinski definition) is 5. The number of anilines is 1. The Morgan fingerprint density at radius 1 is 1.11 bits per heavy atom. The number of aromatic hydroxyl groups is 1. The molecule has 0 fully saturated rings. The second-order valence-corrected chi connectivity index (χ2v) is 6.83. The third kappa shape index (κ3) is 3.94. The maximum atomic E-state index is 12.6.